The number of hydrogen-bond donors (Lipinski definition) is 1. The lowest BCUT2D eigenvalue weighted by Gasteiger charge is -1.99. The lowest BCUT2D eigenvalue weighted by Crippen LogP contribution is -2.07. The molecule has 0 fully saturated rings. The summed E-state index contributed by atoms with van der Waals surface area (Å²) in [5.74, 6) is 0.590. The van der Waals surface area contributed by atoms with Crippen LogP contribution in [0.5, 0.6) is 0 Å². The first-order valence-electron chi connectivity index (χ1n) is 5.15. The van der Waals surface area contributed by atoms with Crippen LogP contribution in [-0.2, 0) is 0 Å². The first-order chi connectivity index (χ1) is 8.24. The molecule has 0 saturated carbocycles. The van der Waals surface area contributed by atoms with Crippen LogP contribution in [0.3, 0.4) is 0 Å². The zero-order valence-corrected chi connectivity index (χ0v) is 9.91. The number of pyridine rings is 1. The third kappa shape index (κ3) is 1.74. The van der Waals surface area contributed by atoms with E-state index < -0.39 is 0 Å². The van der Waals surface area contributed by atoms with Gasteiger partial charge in [0.25, 0.3) is 5.56 Å². The summed E-state index contributed by atoms with van der Waals surface area (Å²) in [5, 5.41) is 0.658. The summed E-state index contributed by atoms with van der Waals surface area (Å²) >= 11 is 1.53. The second-order valence-corrected chi connectivity index (χ2v) is 4.96. The lowest BCUT2D eigenvalue weighted by molar-refractivity contribution is 1.18. The summed E-state index contributed by atoms with van der Waals surface area (Å²) in [5.41, 5.74) is 0.774. The van der Waals surface area contributed by atoms with Crippen LogP contribution < -0.4 is 5.56 Å². The van der Waals surface area contributed by atoms with Crippen molar-refractivity contribution < 1.29 is 0 Å². The van der Waals surface area contributed by atoms with Gasteiger partial charge in [-0.3, -0.25) is 9.78 Å². The highest BCUT2D eigenvalue weighted by Crippen LogP contribution is 2.22. The normalized spacial score (nSPS) is 10.9. The molecule has 0 aliphatic rings. The summed E-state index contributed by atoms with van der Waals surface area (Å²) in [7, 11) is 0. The fourth-order valence-electron chi connectivity index (χ4n) is 1.70. The second-order valence-electron chi connectivity index (χ2n) is 3.73. The Morgan fingerprint density at radius 2 is 2.06 bits per heavy atom. The summed E-state index contributed by atoms with van der Waals surface area (Å²) in [6.07, 6.45) is 3.36. The van der Waals surface area contributed by atoms with E-state index in [9.17, 15) is 4.79 Å². The van der Waals surface area contributed by atoms with Crippen LogP contribution in [0.15, 0.2) is 35.4 Å². The number of aromatic amines is 1. The quantitative estimate of drug-likeness (QED) is 0.713. The van der Waals surface area contributed by atoms with Crippen LogP contribution in [0.1, 0.15) is 4.88 Å². The average Bonchev–Trinajstić information content (AvgIpc) is 2.71. The molecule has 0 saturated heterocycles. The van der Waals surface area contributed by atoms with Gasteiger partial charge in [-0.05, 0) is 25.1 Å². The van der Waals surface area contributed by atoms with E-state index in [2.05, 4.69) is 15.0 Å². The highest BCUT2D eigenvalue weighted by atomic mass is 32.1. The number of aryl methyl sites for hydroxylation is 1. The van der Waals surface area contributed by atoms with Gasteiger partial charge in [-0.2, -0.15) is 0 Å². The minimum Gasteiger partial charge on any atom is -0.306 e. The molecule has 0 aliphatic heterocycles. The van der Waals surface area contributed by atoms with Crippen LogP contribution in [0.25, 0.3) is 21.6 Å². The first kappa shape index (κ1) is 10.2. The molecule has 3 aromatic rings. The largest absolute Gasteiger partial charge is 0.306 e. The molecule has 3 rings (SSSR count). The Bertz CT molecular complexity index is 730. The van der Waals surface area contributed by atoms with Crippen molar-refractivity contribution in [2.75, 3.05) is 0 Å². The smallest absolute Gasteiger partial charge is 0.259 e. The molecule has 0 atom stereocenters. The number of H-pyrrole nitrogens is 1. The zero-order chi connectivity index (χ0) is 11.8. The van der Waals surface area contributed by atoms with Crippen molar-refractivity contribution in [2.45, 2.75) is 6.92 Å². The van der Waals surface area contributed by atoms with Crippen LogP contribution in [0, 0.1) is 6.92 Å². The van der Waals surface area contributed by atoms with Crippen LogP contribution in [-0.4, -0.2) is 15.0 Å². The molecule has 3 heterocycles. The van der Waals surface area contributed by atoms with E-state index in [0.717, 1.165) is 15.3 Å². The molecule has 5 heteroatoms. The lowest BCUT2D eigenvalue weighted by atomic mass is 10.2. The molecule has 3 aromatic heterocycles. The molecule has 1 N–H and O–H groups in total. The standard InChI is InChI=1S/C12H9N3OS/c1-7-6-9-11(16)14-10(15-12(9)17-7)8-2-4-13-5-3-8/h2-6H,1H3,(H,14,15,16). The maximum atomic E-state index is 11.9. The zero-order valence-electron chi connectivity index (χ0n) is 9.10. The molecular formula is C12H9N3OS. The van der Waals surface area contributed by atoms with E-state index in [1.165, 1.54) is 11.3 Å². The molecule has 0 spiro atoms. The van der Waals surface area contributed by atoms with Gasteiger partial charge in [-0.25, -0.2) is 4.98 Å². The monoisotopic (exact) mass is 243 g/mol. The third-order valence-electron chi connectivity index (χ3n) is 2.48. The Morgan fingerprint density at radius 3 is 2.82 bits per heavy atom. The fourth-order valence-corrected chi connectivity index (χ4v) is 2.58. The van der Waals surface area contributed by atoms with Crippen molar-refractivity contribution in [3.05, 3.63) is 45.8 Å². The summed E-state index contributed by atoms with van der Waals surface area (Å²) < 4.78 is 0. The van der Waals surface area contributed by atoms with Gasteiger partial charge in [0.05, 0.1) is 5.39 Å². The minimum absolute atomic E-state index is 0.0915. The number of nitrogens with zero attached hydrogens (tertiary/aromatic N) is 2. The highest BCUT2D eigenvalue weighted by Gasteiger charge is 2.07. The maximum absolute atomic E-state index is 11.9. The van der Waals surface area contributed by atoms with Gasteiger partial charge in [0, 0.05) is 22.8 Å². The minimum atomic E-state index is -0.0915. The van der Waals surface area contributed by atoms with Crippen molar-refractivity contribution in [1.82, 2.24) is 15.0 Å². The Labute approximate surface area is 101 Å². The van der Waals surface area contributed by atoms with Crippen molar-refractivity contribution in [3.8, 4) is 11.4 Å². The Kier molecular flexibility index (Phi) is 2.26. The fraction of sp³-hybridized carbons (Fsp3) is 0.0833. The predicted octanol–water partition coefficient (Wildman–Crippen LogP) is 2.36. The van der Waals surface area contributed by atoms with Crippen molar-refractivity contribution in [3.63, 3.8) is 0 Å². The molecule has 84 valence electrons. The summed E-state index contributed by atoms with van der Waals surface area (Å²) in [6.45, 7) is 1.97. The Balaban J connectivity index is 2.29. The molecular weight excluding hydrogens is 234 g/mol. The van der Waals surface area contributed by atoms with Gasteiger partial charge in [-0.15, -0.1) is 11.3 Å². The van der Waals surface area contributed by atoms with Gasteiger partial charge in [0.15, 0.2) is 0 Å². The van der Waals surface area contributed by atoms with Gasteiger partial charge in [0.1, 0.15) is 10.7 Å². The third-order valence-corrected chi connectivity index (χ3v) is 3.42. The van der Waals surface area contributed by atoms with E-state index in [1.54, 1.807) is 12.4 Å². The summed E-state index contributed by atoms with van der Waals surface area (Å²) in [6, 6.07) is 5.51. The Hall–Kier alpha value is -2.01. The number of hydrogen-bond acceptors (Lipinski definition) is 4. The van der Waals surface area contributed by atoms with Crippen molar-refractivity contribution in [2.24, 2.45) is 0 Å². The van der Waals surface area contributed by atoms with Crippen molar-refractivity contribution >= 4 is 21.6 Å². The number of fused-ring (bicyclic) bond motifs is 1. The van der Waals surface area contributed by atoms with E-state index in [1.807, 2.05) is 25.1 Å². The number of thiophene rings is 1. The average molecular weight is 243 g/mol. The van der Waals surface area contributed by atoms with Gasteiger partial charge >= 0.3 is 0 Å². The number of aromatic nitrogens is 3. The molecule has 0 aliphatic carbocycles. The molecule has 4 nitrogen and oxygen atoms in total. The first-order valence-corrected chi connectivity index (χ1v) is 5.96. The van der Waals surface area contributed by atoms with E-state index in [0.29, 0.717) is 11.2 Å². The number of nitrogens with one attached hydrogen (secondary N) is 1. The van der Waals surface area contributed by atoms with Gasteiger partial charge < -0.3 is 4.98 Å². The topological polar surface area (TPSA) is 58.6 Å². The van der Waals surface area contributed by atoms with Crippen LogP contribution in [0.4, 0.5) is 0 Å². The second kappa shape index (κ2) is 3.78. The van der Waals surface area contributed by atoms with E-state index in [-0.39, 0.29) is 5.56 Å². The maximum Gasteiger partial charge on any atom is 0.259 e. The van der Waals surface area contributed by atoms with Gasteiger partial charge in [0.2, 0.25) is 0 Å². The molecule has 0 aromatic carbocycles. The molecule has 17 heavy (non-hydrogen) atoms. The predicted molar refractivity (Wildman–Crippen MR) is 68.2 cm³/mol. The molecule has 0 unspecified atom stereocenters. The van der Waals surface area contributed by atoms with Crippen LogP contribution >= 0.6 is 11.3 Å². The van der Waals surface area contributed by atoms with Gasteiger partial charge in [-0.1, -0.05) is 0 Å². The van der Waals surface area contributed by atoms with Crippen LogP contribution in [0.2, 0.25) is 0 Å². The van der Waals surface area contributed by atoms with E-state index >= 15 is 0 Å². The summed E-state index contributed by atoms with van der Waals surface area (Å²) in [4.78, 5) is 24.9. The molecule has 0 bridgehead atoms. The SMILES string of the molecule is Cc1cc2c(=O)[nH]c(-c3ccncc3)nc2s1. The van der Waals surface area contributed by atoms with Crippen molar-refractivity contribution in [1.29, 1.82) is 0 Å². The highest BCUT2D eigenvalue weighted by molar-refractivity contribution is 7.18. The Morgan fingerprint density at radius 1 is 1.29 bits per heavy atom. The van der Waals surface area contributed by atoms with E-state index in [4.69, 9.17) is 0 Å². The molecule has 0 amide bonds. The number of rotatable bonds is 1. The molecule has 0 radical (unpaired) electrons.